The topological polar surface area (TPSA) is 129 Å². The first-order chi connectivity index (χ1) is 17.2. The molecule has 0 saturated heterocycles. The van der Waals surface area contributed by atoms with Gasteiger partial charge in [0.2, 0.25) is 5.91 Å². The van der Waals surface area contributed by atoms with Crippen molar-refractivity contribution < 1.29 is 19.1 Å². The number of fused-ring (bicyclic) bond motifs is 1. The number of thiophene rings is 2. The van der Waals surface area contributed by atoms with Gasteiger partial charge in [-0.15, -0.1) is 32.9 Å². The van der Waals surface area contributed by atoms with Crippen LogP contribution in [0.3, 0.4) is 0 Å². The maximum absolute atomic E-state index is 12.8. The highest BCUT2D eigenvalue weighted by atomic mass is 32.2. The number of hydrogen-bond donors (Lipinski definition) is 2. The van der Waals surface area contributed by atoms with Crippen LogP contribution in [0.5, 0.6) is 0 Å². The Morgan fingerprint density at radius 2 is 2.08 bits per heavy atom. The molecule has 0 radical (unpaired) electrons. The van der Waals surface area contributed by atoms with Gasteiger partial charge in [0.1, 0.15) is 5.00 Å². The number of amides is 2. The number of primary amides is 1. The molecular weight excluding hydrogens is 518 g/mol. The standard InChI is InChI=1S/C24H29N5O4S3/c1-5-29-21(15-10-34-16-9-12(3)7-8-14(15)16)27-28-24(29)35-11-17(30)26-22-18(23(32)33-6-2)13(4)19(36-22)20(25)31/h10,12H,5-9,11H2,1-4H3,(H2,25,31)(H,26,30). The van der Waals surface area contributed by atoms with Crippen LogP contribution in [-0.4, -0.2) is 44.9 Å². The van der Waals surface area contributed by atoms with Crippen LogP contribution in [0.15, 0.2) is 10.5 Å². The van der Waals surface area contributed by atoms with Gasteiger partial charge in [-0.3, -0.25) is 9.59 Å². The predicted octanol–water partition coefficient (Wildman–Crippen LogP) is 4.53. The molecule has 9 nitrogen and oxygen atoms in total. The summed E-state index contributed by atoms with van der Waals surface area (Å²) in [5.74, 6) is -0.0120. The number of ether oxygens (including phenoxy) is 1. The summed E-state index contributed by atoms with van der Waals surface area (Å²) in [6.07, 6.45) is 3.33. The third-order valence-electron chi connectivity index (χ3n) is 6.11. The van der Waals surface area contributed by atoms with Gasteiger partial charge in [-0.05, 0) is 57.1 Å². The monoisotopic (exact) mass is 547 g/mol. The predicted molar refractivity (Wildman–Crippen MR) is 143 cm³/mol. The number of aromatic nitrogens is 3. The fraction of sp³-hybridized carbons (Fsp3) is 0.458. The first kappa shape index (κ1) is 26.4. The minimum Gasteiger partial charge on any atom is -0.462 e. The van der Waals surface area contributed by atoms with Crippen LogP contribution in [0, 0.1) is 12.8 Å². The van der Waals surface area contributed by atoms with Crippen molar-refractivity contribution in [2.24, 2.45) is 11.7 Å². The van der Waals surface area contributed by atoms with Crippen molar-refractivity contribution in [2.45, 2.75) is 58.7 Å². The average Bonchev–Trinajstić information content (AvgIpc) is 3.52. The lowest BCUT2D eigenvalue weighted by Gasteiger charge is -2.19. The van der Waals surface area contributed by atoms with Gasteiger partial charge in [0, 0.05) is 22.4 Å². The van der Waals surface area contributed by atoms with Gasteiger partial charge >= 0.3 is 5.97 Å². The Balaban J connectivity index is 1.50. The molecular formula is C24H29N5O4S3. The summed E-state index contributed by atoms with van der Waals surface area (Å²) in [5, 5.41) is 14.7. The minimum absolute atomic E-state index is 0.0580. The zero-order valence-corrected chi connectivity index (χ0v) is 23.1. The summed E-state index contributed by atoms with van der Waals surface area (Å²) in [7, 11) is 0. The van der Waals surface area contributed by atoms with E-state index < -0.39 is 11.9 Å². The molecule has 2 amide bonds. The first-order valence-corrected chi connectivity index (χ1v) is 14.5. The minimum atomic E-state index is -0.661. The SMILES string of the molecule is CCOC(=O)c1c(NC(=O)CSc2nnc(-c3csc4c3CCC(C)C4)n2CC)sc(C(N)=O)c1C. The molecule has 1 aliphatic rings. The molecule has 12 heteroatoms. The van der Waals surface area contributed by atoms with E-state index in [0.717, 1.165) is 35.6 Å². The molecule has 0 saturated carbocycles. The number of rotatable bonds is 9. The molecule has 0 aromatic carbocycles. The van der Waals surface area contributed by atoms with Crippen LogP contribution in [0.1, 0.15) is 63.2 Å². The second-order valence-electron chi connectivity index (χ2n) is 8.63. The second-order valence-corrected chi connectivity index (χ2v) is 11.6. The van der Waals surface area contributed by atoms with Gasteiger partial charge in [-0.1, -0.05) is 18.7 Å². The molecule has 192 valence electrons. The quantitative estimate of drug-likeness (QED) is 0.297. The van der Waals surface area contributed by atoms with Crippen molar-refractivity contribution in [3.63, 3.8) is 0 Å². The Hall–Kier alpha value is -2.70. The van der Waals surface area contributed by atoms with Crippen molar-refractivity contribution >= 4 is 57.2 Å². The van der Waals surface area contributed by atoms with Gasteiger partial charge < -0.3 is 20.4 Å². The third-order valence-corrected chi connectivity index (χ3v) is 9.35. The molecule has 0 spiro atoms. The normalized spacial score (nSPS) is 14.9. The number of carbonyl (C=O) groups is 3. The number of esters is 1. The molecule has 4 rings (SSSR count). The maximum atomic E-state index is 12.8. The van der Waals surface area contributed by atoms with Crippen LogP contribution in [-0.2, 0) is 28.9 Å². The van der Waals surface area contributed by atoms with Gasteiger partial charge in [0.25, 0.3) is 5.91 Å². The number of hydrogen-bond acceptors (Lipinski definition) is 9. The summed E-state index contributed by atoms with van der Waals surface area (Å²) in [6.45, 7) is 8.47. The first-order valence-electron chi connectivity index (χ1n) is 11.8. The summed E-state index contributed by atoms with van der Waals surface area (Å²) in [5.41, 5.74) is 8.52. The highest BCUT2D eigenvalue weighted by molar-refractivity contribution is 7.99. The highest BCUT2D eigenvalue weighted by Crippen LogP contribution is 2.38. The molecule has 1 atom stereocenters. The number of anilines is 1. The number of carbonyl (C=O) groups excluding carboxylic acids is 3. The second kappa shape index (κ2) is 11.1. The van der Waals surface area contributed by atoms with E-state index in [1.807, 2.05) is 11.5 Å². The van der Waals surface area contributed by atoms with Gasteiger partial charge in [-0.25, -0.2) is 4.79 Å². The molecule has 3 N–H and O–H groups in total. The maximum Gasteiger partial charge on any atom is 0.341 e. The molecule has 3 aromatic heterocycles. The summed E-state index contributed by atoms with van der Waals surface area (Å²) in [6, 6.07) is 0. The number of nitrogens with one attached hydrogen (secondary N) is 1. The summed E-state index contributed by atoms with van der Waals surface area (Å²) in [4.78, 5) is 38.7. The summed E-state index contributed by atoms with van der Waals surface area (Å²) < 4.78 is 7.14. The van der Waals surface area contributed by atoms with Crippen molar-refractivity contribution in [3.05, 3.63) is 31.8 Å². The van der Waals surface area contributed by atoms with Crippen LogP contribution < -0.4 is 11.1 Å². The molecule has 0 bridgehead atoms. The van der Waals surface area contributed by atoms with E-state index in [-0.39, 0.29) is 33.7 Å². The number of nitrogens with zero attached hydrogens (tertiary/aromatic N) is 3. The van der Waals surface area contributed by atoms with E-state index in [2.05, 4.69) is 27.8 Å². The van der Waals surface area contributed by atoms with E-state index in [1.165, 1.54) is 28.6 Å². The van der Waals surface area contributed by atoms with Crippen molar-refractivity contribution in [3.8, 4) is 11.4 Å². The largest absolute Gasteiger partial charge is 0.462 e. The lowest BCUT2D eigenvalue weighted by Crippen LogP contribution is -2.17. The van der Waals surface area contributed by atoms with E-state index >= 15 is 0 Å². The summed E-state index contributed by atoms with van der Waals surface area (Å²) >= 11 is 4.04. The lowest BCUT2D eigenvalue weighted by molar-refractivity contribution is -0.113. The lowest BCUT2D eigenvalue weighted by atomic mass is 9.88. The van der Waals surface area contributed by atoms with Crippen molar-refractivity contribution in [1.29, 1.82) is 0 Å². The molecule has 1 unspecified atom stereocenters. The zero-order valence-electron chi connectivity index (χ0n) is 20.7. The fourth-order valence-corrected chi connectivity index (χ4v) is 7.43. The highest BCUT2D eigenvalue weighted by Gasteiger charge is 2.27. The van der Waals surface area contributed by atoms with Crippen LogP contribution in [0.2, 0.25) is 0 Å². The number of nitrogens with two attached hydrogens (primary N) is 1. The zero-order chi connectivity index (χ0) is 26.0. The van der Waals surface area contributed by atoms with E-state index in [9.17, 15) is 14.4 Å². The third kappa shape index (κ3) is 5.21. The van der Waals surface area contributed by atoms with Crippen LogP contribution in [0.4, 0.5) is 5.00 Å². The Bertz CT molecular complexity index is 1310. The number of thioether (sulfide) groups is 1. The Morgan fingerprint density at radius 3 is 2.78 bits per heavy atom. The Kier molecular flexibility index (Phi) is 8.16. The van der Waals surface area contributed by atoms with E-state index in [1.54, 1.807) is 25.2 Å². The Morgan fingerprint density at radius 1 is 1.31 bits per heavy atom. The molecule has 3 aromatic rings. The van der Waals surface area contributed by atoms with Crippen LogP contribution in [0.25, 0.3) is 11.4 Å². The van der Waals surface area contributed by atoms with Gasteiger partial charge in [-0.2, -0.15) is 0 Å². The Labute approximate surface area is 221 Å². The molecule has 0 fully saturated rings. The fourth-order valence-electron chi connectivity index (χ4n) is 4.32. The average molecular weight is 548 g/mol. The van der Waals surface area contributed by atoms with E-state index in [0.29, 0.717) is 23.2 Å². The van der Waals surface area contributed by atoms with Crippen LogP contribution >= 0.6 is 34.4 Å². The van der Waals surface area contributed by atoms with Crippen molar-refractivity contribution in [2.75, 3.05) is 17.7 Å². The molecule has 36 heavy (non-hydrogen) atoms. The van der Waals surface area contributed by atoms with E-state index in [4.69, 9.17) is 10.5 Å². The van der Waals surface area contributed by atoms with Gasteiger partial charge in [0.05, 0.1) is 22.8 Å². The van der Waals surface area contributed by atoms with Gasteiger partial charge in [0.15, 0.2) is 11.0 Å². The van der Waals surface area contributed by atoms with Crippen molar-refractivity contribution in [1.82, 2.24) is 14.8 Å². The molecule has 1 aliphatic carbocycles. The molecule has 0 aliphatic heterocycles. The molecule has 3 heterocycles. The smallest absolute Gasteiger partial charge is 0.341 e.